The molecule has 1 aromatic carbocycles. The monoisotopic (exact) mass is 442 g/mol. The first-order valence-electron chi connectivity index (χ1n) is 8.94. The Morgan fingerprint density at radius 3 is 2.71 bits per heavy atom. The van der Waals surface area contributed by atoms with Crippen LogP contribution in [0.4, 0.5) is 5.69 Å². The van der Waals surface area contributed by atoms with Crippen LogP contribution >= 0.6 is 22.9 Å². The zero-order valence-electron chi connectivity index (χ0n) is 16.0. The van der Waals surface area contributed by atoms with E-state index in [4.69, 9.17) is 16.3 Å². The van der Waals surface area contributed by atoms with Gasteiger partial charge in [-0.3, -0.25) is 4.79 Å². The summed E-state index contributed by atoms with van der Waals surface area (Å²) >= 11 is 7.36. The summed E-state index contributed by atoms with van der Waals surface area (Å²) in [6, 6.07) is 6.83. The summed E-state index contributed by atoms with van der Waals surface area (Å²) < 4.78 is 32.8. The van der Waals surface area contributed by atoms with Crippen molar-refractivity contribution in [2.45, 2.75) is 30.9 Å². The maximum Gasteiger partial charge on any atom is 0.252 e. The molecule has 9 heteroatoms. The molecule has 1 saturated heterocycles. The maximum absolute atomic E-state index is 12.9. The first-order valence-corrected chi connectivity index (χ1v) is 11.6. The van der Waals surface area contributed by atoms with Crippen molar-refractivity contribution in [1.29, 1.82) is 0 Å². The molecule has 1 N–H and O–H groups in total. The van der Waals surface area contributed by atoms with Crippen LogP contribution in [0.2, 0.25) is 5.02 Å². The van der Waals surface area contributed by atoms with Crippen molar-refractivity contribution in [3.05, 3.63) is 39.7 Å². The topological polar surface area (TPSA) is 75.7 Å². The molecule has 1 aliphatic heterocycles. The average molecular weight is 443 g/mol. The summed E-state index contributed by atoms with van der Waals surface area (Å²) in [4.78, 5) is 13.8. The van der Waals surface area contributed by atoms with Gasteiger partial charge >= 0.3 is 0 Å². The van der Waals surface area contributed by atoms with Crippen LogP contribution in [0.1, 0.15) is 23.3 Å². The van der Waals surface area contributed by atoms with Crippen LogP contribution in [0.25, 0.3) is 0 Å². The van der Waals surface area contributed by atoms with Crippen LogP contribution in [-0.4, -0.2) is 38.8 Å². The third-order valence-corrected chi connectivity index (χ3v) is 8.54. The number of hydrogen-bond donors (Lipinski definition) is 1. The van der Waals surface area contributed by atoms with E-state index in [-0.39, 0.29) is 12.5 Å². The number of carbonyl (C=O) groups is 1. The zero-order chi connectivity index (χ0) is 20.5. The van der Waals surface area contributed by atoms with Crippen molar-refractivity contribution >= 4 is 44.6 Å². The molecule has 1 aromatic heterocycles. The zero-order valence-corrected chi connectivity index (χ0v) is 18.4. The molecule has 0 aliphatic carbocycles. The van der Waals surface area contributed by atoms with Gasteiger partial charge in [-0.2, -0.15) is 4.31 Å². The largest absolute Gasteiger partial charge is 0.495 e. The Balaban J connectivity index is 1.76. The van der Waals surface area contributed by atoms with Crippen LogP contribution in [-0.2, 0) is 14.8 Å². The number of benzene rings is 1. The number of amides is 1. The van der Waals surface area contributed by atoms with Gasteiger partial charge in [0.15, 0.2) is 0 Å². The fraction of sp³-hybridized carbons (Fsp3) is 0.421. The van der Waals surface area contributed by atoms with Crippen molar-refractivity contribution < 1.29 is 17.9 Å². The molecule has 1 amide bonds. The number of ether oxygens (including phenoxy) is 1. The minimum atomic E-state index is -3.58. The highest BCUT2D eigenvalue weighted by atomic mass is 35.5. The lowest BCUT2D eigenvalue weighted by molar-refractivity contribution is -0.120. The minimum absolute atomic E-state index is 0.167. The van der Waals surface area contributed by atoms with Crippen molar-refractivity contribution in [3.8, 4) is 5.75 Å². The summed E-state index contributed by atoms with van der Waals surface area (Å²) in [6.07, 6.45) is 1.27. The Kier molecular flexibility index (Phi) is 6.34. The highest BCUT2D eigenvalue weighted by Crippen LogP contribution is 2.33. The number of carbonyl (C=O) groups excluding carboxylic acids is 1. The van der Waals surface area contributed by atoms with Gasteiger partial charge in [0.2, 0.25) is 5.91 Å². The van der Waals surface area contributed by atoms with E-state index in [9.17, 15) is 13.2 Å². The number of thiophene rings is 1. The van der Waals surface area contributed by atoms with Crippen LogP contribution in [0.15, 0.2) is 28.5 Å². The number of halogens is 1. The predicted octanol–water partition coefficient (Wildman–Crippen LogP) is 4.07. The lowest BCUT2D eigenvalue weighted by Crippen LogP contribution is -2.43. The van der Waals surface area contributed by atoms with Gasteiger partial charge in [0.25, 0.3) is 10.0 Å². The van der Waals surface area contributed by atoms with Gasteiger partial charge in [0.05, 0.1) is 18.7 Å². The second kappa shape index (κ2) is 8.41. The molecule has 3 rings (SSSR count). The van der Waals surface area contributed by atoms with Gasteiger partial charge in [0, 0.05) is 29.1 Å². The van der Waals surface area contributed by atoms with Gasteiger partial charge < -0.3 is 10.1 Å². The number of nitrogens with zero attached hydrogens (tertiary/aromatic N) is 1. The van der Waals surface area contributed by atoms with Gasteiger partial charge in [-0.1, -0.05) is 11.6 Å². The second-order valence-electron chi connectivity index (χ2n) is 6.86. The number of hydrogen-bond acceptors (Lipinski definition) is 5. The lowest BCUT2D eigenvalue weighted by atomic mass is 9.98. The van der Waals surface area contributed by atoms with Crippen molar-refractivity contribution in [1.82, 2.24) is 4.31 Å². The van der Waals surface area contributed by atoms with Gasteiger partial charge in [-0.25, -0.2) is 8.42 Å². The normalized spacial score (nSPS) is 18.1. The highest BCUT2D eigenvalue weighted by Gasteiger charge is 2.34. The van der Waals surface area contributed by atoms with Crippen LogP contribution < -0.4 is 10.1 Å². The second-order valence-corrected chi connectivity index (χ2v) is 10.7. The number of aryl methyl sites for hydroxylation is 2. The van der Waals surface area contributed by atoms with E-state index in [1.807, 2.05) is 13.8 Å². The fourth-order valence-corrected chi connectivity index (χ4v) is 6.33. The third-order valence-electron chi connectivity index (χ3n) is 4.80. The van der Waals surface area contributed by atoms with Crippen molar-refractivity contribution in [3.63, 3.8) is 0 Å². The van der Waals surface area contributed by atoms with Gasteiger partial charge in [0.1, 0.15) is 9.96 Å². The number of piperidine rings is 1. The molecular formula is C19H23ClN2O4S2. The molecular weight excluding hydrogens is 420 g/mol. The molecule has 28 heavy (non-hydrogen) atoms. The predicted molar refractivity (Wildman–Crippen MR) is 112 cm³/mol. The lowest BCUT2D eigenvalue weighted by Gasteiger charge is -2.31. The molecule has 1 fully saturated rings. The van der Waals surface area contributed by atoms with E-state index >= 15 is 0 Å². The molecule has 1 atom stereocenters. The van der Waals surface area contributed by atoms with Crippen LogP contribution in [0, 0.1) is 19.8 Å². The molecule has 0 bridgehead atoms. The van der Waals surface area contributed by atoms with E-state index in [0.717, 1.165) is 10.4 Å². The fourth-order valence-electron chi connectivity index (χ4n) is 3.22. The Labute approximate surface area is 174 Å². The third kappa shape index (κ3) is 4.35. The number of anilines is 1. The molecule has 0 radical (unpaired) electrons. The van der Waals surface area contributed by atoms with E-state index < -0.39 is 15.9 Å². The SMILES string of the molecule is COc1cc(Cl)c(C)cc1NC(=O)[C@@H]1CCCN(S(=O)(=O)c2ccc(C)s2)C1. The summed E-state index contributed by atoms with van der Waals surface area (Å²) in [5, 5.41) is 3.43. The highest BCUT2D eigenvalue weighted by molar-refractivity contribution is 7.91. The average Bonchev–Trinajstić information content (AvgIpc) is 3.11. The molecule has 0 unspecified atom stereocenters. The number of sulfonamides is 1. The molecule has 152 valence electrons. The van der Waals surface area contributed by atoms with E-state index in [1.165, 1.54) is 22.8 Å². The number of nitrogens with one attached hydrogen (secondary N) is 1. The smallest absolute Gasteiger partial charge is 0.252 e. The first-order chi connectivity index (χ1) is 13.2. The van der Waals surface area contributed by atoms with E-state index in [0.29, 0.717) is 40.1 Å². The van der Waals surface area contributed by atoms with Gasteiger partial charge in [-0.15, -0.1) is 11.3 Å². The quantitative estimate of drug-likeness (QED) is 0.757. The Morgan fingerprint density at radius 2 is 2.07 bits per heavy atom. The Hall–Kier alpha value is -1.61. The summed E-state index contributed by atoms with van der Waals surface area (Å²) in [5.74, 6) is -0.175. The maximum atomic E-state index is 12.9. The van der Waals surface area contributed by atoms with Crippen LogP contribution in [0.3, 0.4) is 0 Å². The summed E-state index contributed by atoms with van der Waals surface area (Å²) in [5.41, 5.74) is 1.35. The summed E-state index contributed by atoms with van der Waals surface area (Å²) in [7, 11) is -2.07. The van der Waals surface area contributed by atoms with E-state index in [1.54, 1.807) is 24.3 Å². The van der Waals surface area contributed by atoms with E-state index in [2.05, 4.69) is 5.32 Å². The van der Waals surface area contributed by atoms with Crippen molar-refractivity contribution in [2.24, 2.45) is 5.92 Å². The van der Waals surface area contributed by atoms with Crippen LogP contribution in [0.5, 0.6) is 5.75 Å². The molecule has 0 saturated carbocycles. The Morgan fingerprint density at radius 1 is 1.32 bits per heavy atom. The first kappa shape index (κ1) is 21.1. The molecule has 0 spiro atoms. The van der Waals surface area contributed by atoms with Gasteiger partial charge in [-0.05, 0) is 50.5 Å². The summed E-state index contributed by atoms with van der Waals surface area (Å²) in [6.45, 7) is 4.30. The number of methoxy groups -OCH3 is 1. The molecule has 2 heterocycles. The minimum Gasteiger partial charge on any atom is -0.495 e. The standard InChI is InChI=1S/C19H23ClN2O4S2/c1-12-9-16(17(26-3)10-15(12)20)21-19(23)14-5-4-8-22(11-14)28(24,25)18-7-6-13(2)27-18/h6-7,9-10,14H,4-5,8,11H2,1-3H3,(H,21,23)/t14-/m1/s1. The Bertz CT molecular complexity index is 988. The van der Waals surface area contributed by atoms with Crippen molar-refractivity contribution in [2.75, 3.05) is 25.5 Å². The molecule has 6 nitrogen and oxygen atoms in total. The molecule has 1 aliphatic rings. The molecule has 2 aromatic rings. The number of rotatable bonds is 5.